The van der Waals surface area contributed by atoms with Gasteiger partial charge in [-0.15, -0.1) is 0 Å². The van der Waals surface area contributed by atoms with Crippen molar-refractivity contribution in [3.05, 3.63) is 0 Å². The Kier molecular flexibility index (Phi) is 10.1. The molecule has 7 heteroatoms. The van der Waals surface area contributed by atoms with Gasteiger partial charge in [0.15, 0.2) is 8.32 Å². The minimum atomic E-state index is -1.69. The predicted octanol–water partition coefficient (Wildman–Crippen LogP) is 4.48. The lowest BCUT2D eigenvalue weighted by Crippen LogP contribution is -2.41. The number of ether oxygens (including phenoxy) is 1. The molecule has 0 bridgehead atoms. The fraction of sp³-hybridized carbons (Fsp3) is 0.955. The van der Waals surface area contributed by atoms with Gasteiger partial charge in [0, 0.05) is 32.8 Å². The summed E-state index contributed by atoms with van der Waals surface area (Å²) in [6, 6.07) is 0. The van der Waals surface area contributed by atoms with Crippen LogP contribution in [0.2, 0.25) is 18.1 Å². The molecule has 0 saturated carbocycles. The highest BCUT2D eigenvalue weighted by atomic mass is 28.4. The summed E-state index contributed by atoms with van der Waals surface area (Å²) in [4.78, 5) is 16.4. The lowest BCUT2D eigenvalue weighted by atomic mass is 10.1. The number of rotatable bonds is 8. The molecule has 1 amide bonds. The Morgan fingerprint density at radius 1 is 1.03 bits per heavy atom. The summed E-state index contributed by atoms with van der Waals surface area (Å²) in [7, 11) is -1.69. The van der Waals surface area contributed by atoms with E-state index in [0.717, 1.165) is 58.5 Å². The second-order valence-corrected chi connectivity index (χ2v) is 15.7. The van der Waals surface area contributed by atoms with Crippen LogP contribution in [0.25, 0.3) is 0 Å². The zero-order valence-electron chi connectivity index (χ0n) is 20.2. The Balaban J connectivity index is 2.26. The summed E-state index contributed by atoms with van der Waals surface area (Å²) in [5.41, 5.74) is -0.457. The van der Waals surface area contributed by atoms with Crippen LogP contribution in [0.3, 0.4) is 0 Å². The smallest absolute Gasteiger partial charge is 0.410 e. The molecular weight excluding hydrogens is 384 g/mol. The number of aliphatic hydroxyl groups is 1. The van der Waals surface area contributed by atoms with E-state index in [0.29, 0.717) is 6.54 Å². The monoisotopic (exact) mass is 430 g/mol. The molecule has 0 spiro atoms. The summed E-state index contributed by atoms with van der Waals surface area (Å²) in [6.45, 7) is 21.8. The van der Waals surface area contributed by atoms with E-state index < -0.39 is 13.9 Å². The molecule has 1 heterocycles. The third-order valence-corrected chi connectivity index (χ3v) is 10.5. The number of hydrogen-bond donors (Lipinski definition) is 1. The molecule has 0 aromatic carbocycles. The van der Waals surface area contributed by atoms with Crippen LogP contribution in [0.15, 0.2) is 0 Å². The molecule has 1 fully saturated rings. The van der Waals surface area contributed by atoms with E-state index in [1.54, 1.807) is 4.90 Å². The maximum Gasteiger partial charge on any atom is 0.410 e. The summed E-state index contributed by atoms with van der Waals surface area (Å²) in [5.74, 6) is 0. The largest absolute Gasteiger partial charge is 0.444 e. The van der Waals surface area contributed by atoms with E-state index in [4.69, 9.17) is 9.16 Å². The quantitative estimate of drug-likeness (QED) is 0.454. The normalized spacial score (nSPS) is 18.4. The molecule has 1 N–H and O–H groups in total. The fourth-order valence-corrected chi connectivity index (χ4v) is 4.13. The molecule has 0 radical (unpaired) electrons. The number of aliphatic hydroxyl groups excluding tert-OH is 1. The Labute approximate surface area is 180 Å². The van der Waals surface area contributed by atoms with Gasteiger partial charge in [-0.2, -0.15) is 0 Å². The van der Waals surface area contributed by atoms with E-state index in [2.05, 4.69) is 38.8 Å². The van der Waals surface area contributed by atoms with Gasteiger partial charge in [0.1, 0.15) is 5.60 Å². The number of carbonyl (C=O) groups excluding carboxylic acids is 1. The SMILES string of the molecule is CC(C)(C)OC(=O)N1CCCN(CCC(O)CCCO[Si](C)(C)C(C)(C)C)CC1. The van der Waals surface area contributed by atoms with E-state index in [9.17, 15) is 9.90 Å². The summed E-state index contributed by atoms with van der Waals surface area (Å²) in [6.07, 6.45) is 2.89. The molecule has 1 rings (SSSR count). The number of nitrogens with zero attached hydrogens (tertiary/aromatic N) is 2. The summed E-state index contributed by atoms with van der Waals surface area (Å²) in [5, 5.41) is 10.6. The molecule has 1 aliphatic heterocycles. The first-order valence-electron chi connectivity index (χ1n) is 11.2. The maximum absolute atomic E-state index is 12.3. The van der Waals surface area contributed by atoms with Crippen molar-refractivity contribution in [2.75, 3.05) is 39.3 Å². The molecule has 172 valence electrons. The van der Waals surface area contributed by atoms with Gasteiger partial charge in [0.25, 0.3) is 0 Å². The molecule has 1 unspecified atom stereocenters. The molecule has 1 atom stereocenters. The average molecular weight is 431 g/mol. The first kappa shape index (κ1) is 26.4. The van der Waals surface area contributed by atoms with Crippen molar-refractivity contribution >= 4 is 14.4 Å². The Hall–Kier alpha value is -0.633. The van der Waals surface area contributed by atoms with Gasteiger partial charge in [-0.3, -0.25) is 0 Å². The Morgan fingerprint density at radius 2 is 1.69 bits per heavy atom. The van der Waals surface area contributed by atoms with Crippen molar-refractivity contribution < 1.29 is 19.1 Å². The van der Waals surface area contributed by atoms with Gasteiger partial charge in [-0.05, 0) is 71.1 Å². The molecule has 0 aromatic rings. The van der Waals surface area contributed by atoms with E-state index in [1.165, 1.54) is 0 Å². The topological polar surface area (TPSA) is 62.2 Å². The van der Waals surface area contributed by atoms with Gasteiger partial charge in [-0.1, -0.05) is 20.8 Å². The highest BCUT2D eigenvalue weighted by Gasteiger charge is 2.36. The van der Waals surface area contributed by atoms with Crippen LogP contribution in [0.5, 0.6) is 0 Å². The summed E-state index contributed by atoms with van der Waals surface area (Å²) >= 11 is 0. The van der Waals surface area contributed by atoms with Gasteiger partial charge in [-0.25, -0.2) is 4.79 Å². The Bertz CT molecular complexity index is 500. The molecule has 29 heavy (non-hydrogen) atoms. The lowest BCUT2D eigenvalue weighted by molar-refractivity contribution is 0.0256. The van der Waals surface area contributed by atoms with Crippen molar-refractivity contribution in [3.63, 3.8) is 0 Å². The highest BCUT2D eigenvalue weighted by Crippen LogP contribution is 2.36. The minimum absolute atomic E-state index is 0.221. The second-order valence-electron chi connectivity index (χ2n) is 10.9. The standard InChI is InChI=1S/C22H46N2O4Si/c1-21(2,3)28-20(26)24-14-10-13-23(16-17-24)15-12-19(25)11-9-18-27-29(7,8)22(4,5)6/h19,25H,9-18H2,1-8H3. The van der Waals surface area contributed by atoms with Crippen LogP contribution in [0.1, 0.15) is 67.2 Å². The van der Waals surface area contributed by atoms with Crippen molar-refractivity contribution in [1.29, 1.82) is 0 Å². The number of amides is 1. The number of hydrogen-bond acceptors (Lipinski definition) is 5. The van der Waals surface area contributed by atoms with Crippen LogP contribution < -0.4 is 0 Å². The average Bonchev–Trinajstić information content (AvgIpc) is 2.80. The van der Waals surface area contributed by atoms with Crippen LogP contribution in [0.4, 0.5) is 4.79 Å². The van der Waals surface area contributed by atoms with Crippen LogP contribution in [0, 0.1) is 0 Å². The Morgan fingerprint density at radius 3 is 2.28 bits per heavy atom. The molecule has 0 aliphatic carbocycles. The zero-order valence-corrected chi connectivity index (χ0v) is 21.2. The minimum Gasteiger partial charge on any atom is -0.444 e. The van der Waals surface area contributed by atoms with Gasteiger partial charge in [0.2, 0.25) is 0 Å². The van der Waals surface area contributed by atoms with Crippen molar-refractivity contribution in [1.82, 2.24) is 9.80 Å². The van der Waals surface area contributed by atoms with Crippen molar-refractivity contribution in [2.45, 2.75) is 97.1 Å². The third kappa shape index (κ3) is 10.3. The molecular formula is C22H46N2O4Si. The summed E-state index contributed by atoms with van der Waals surface area (Å²) < 4.78 is 11.7. The predicted molar refractivity (Wildman–Crippen MR) is 122 cm³/mol. The third-order valence-electron chi connectivity index (χ3n) is 5.97. The van der Waals surface area contributed by atoms with E-state index in [1.807, 2.05) is 20.8 Å². The van der Waals surface area contributed by atoms with Crippen LogP contribution >= 0.6 is 0 Å². The second kappa shape index (κ2) is 11.1. The fourth-order valence-electron chi connectivity index (χ4n) is 3.04. The van der Waals surface area contributed by atoms with Gasteiger partial charge in [0.05, 0.1) is 6.10 Å². The highest BCUT2D eigenvalue weighted by molar-refractivity contribution is 6.74. The molecule has 1 saturated heterocycles. The van der Waals surface area contributed by atoms with Crippen LogP contribution in [-0.4, -0.2) is 80.4 Å². The van der Waals surface area contributed by atoms with E-state index >= 15 is 0 Å². The first-order chi connectivity index (χ1) is 13.2. The zero-order chi connectivity index (χ0) is 22.3. The number of carbonyl (C=O) groups is 1. The van der Waals surface area contributed by atoms with Gasteiger partial charge >= 0.3 is 6.09 Å². The molecule has 0 aromatic heterocycles. The lowest BCUT2D eigenvalue weighted by Gasteiger charge is -2.36. The van der Waals surface area contributed by atoms with Gasteiger partial charge < -0.3 is 24.1 Å². The van der Waals surface area contributed by atoms with Crippen molar-refractivity contribution in [3.8, 4) is 0 Å². The first-order valence-corrected chi connectivity index (χ1v) is 14.1. The van der Waals surface area contributed by atoms with E-state index in [-0.39, 0.29) is 17.2 Å². The van der Waals surface area contributed by atoms with Crippen molar-refractivity contribution in [2.24, 2.45) is 0 Å². The maximum atomic E-state index is 12.3. The van der Waals surface area contributed by atoms with Crippen LogP contribution in [-0.2, 0) is 9.16 Å². The molecule has 6 nitrogen and oxygen atoms in total. The molecule has 1 aliphatic rings.